The Morgan fingerprint density at radius 2 is 2.13 bits per heavy atom. The Labute approximate surface area is 93.7 Å². The summed E-state index contributed by atoms with van der Waals surface area (Å²) < 4.78 is 0. The zero-order chi connectivity index (χ0) is 10.5. The molecule has 0 aliphatic heterocycles. The zero-order valence-corrected chi connectivity index (χ0v) is 9.91. The van der Waals surface area contributed by atoms with Crippen LogP contribution in [-0.2, 0) is 0 Å². The third kappa shape index (κ3) is 3.96. The summed E-state index contributed by atoms with van der Waals surface area (Å²) in [5, 5.41) is 3.59. The Morgan fingerprint density at radius 1 is 1.27 bits per heavy atom. The van der Waals surface area contributed by atoms with Gasteiger partial charge in [0.25, 0.3) is 0 Å². The Hall–Kier alpha value is -0.340. The topological polar surface area (TPSA) is 15.3 Å². The van der Waals surface area contributed by atoms with Crippen molar-refractivity contribution in [3.8, 4) is 0 Å². The van der Waals surface area contributed by atoms with E-state index in [-0.39, 0.29) is 0 Å². The van der Waals surface area contributed by atoms with Crippen molar-refractivity contribution in [2.24, 2.45) is 5.92 Å². The Bertz CT molecular complexity index is 209. The van der Waals surface area contributed by atoms with E-state index in [1.54, 1.807) is 0 Å². The molecule has 0 amide bonds. The Morgan fingerprint density at radius 3 is 2.80 bits per heavy atom. The maximum atomic E-state index is 3.59. The van der Waals surface area contributed by atoms with Crippen LogP contribution in [0.4, 0.5) is 0 Å². The van der Waals surface area contributed by atoms with E-state index in [1.807, 2.05) is 0 Å². The summed E-state index contributed by atoms with van der Waals surface area (Å²) in [7, 11) is 2.25. The van der Waals surface area contributed by atoms with Crippen molar-refractivity contribution >= 4 is 0 Å². The minimum Gasteiger partial charge on any atom is -0.315 e. The van der Waals surface area contributed by atoms with Crippen LogP contribution in [0.2, 0.25) is 0 Å². The highest BCUT2D eigenvalue weighted by atomic mass is 15.2. The lowest BCUT2D eigenvalue weighted by molar-refractivity contribution is 0.315. The maximum Gasteiger partial charge on any atom is 0.0107 e. The fourth-order valence-corrected chi connectivity index (χ4v) is 2.30. The molecule has 1 N–H and O–H groups in total. The average molecular weight is 208 g/mol. The van der Waals surface area contributed by atoms with Crippen LogP contribution in [0.15, 0.2) is 12.2 Å². The summed E-state index contributed by atoms with van der Waals surface area (Å²) in [4.78, 5) is 2.49. The van der Waals surface area contributed by atoms with Gasteiger partial charge in [0.15, 0.2) is 0 Å². The van der Waals surface area contributed by atoms with Crippen molar-refractivity contribution in [1.29, 1.82) is 0 Å². The van der Waals surface area contributed by atoms with Crippen molar-refractivity contribution in [3.05, 3.63) is 12.2 Å². The molecule has 1 unspecified atom stereocenters. The number of allylic oxidation sites excluding steroid dienone is 2. The highest BCUT2D eigenvalue weighted by molar-refractivity contribution is 4.90. The molecular weight excluding hydrogens is 184 g/mol. The van der Waals surface area contributed by atoms with Crippen LogP contribution in [0.1, 0.15) is 32.1 Å². The second kappa shape index (κ2) is 5.66. The van der Waals surface area contributed by atoms with Crippen LogP contribution in [-0.4, -0.2) is 37.6 Å². The lowest BCUT2D eigenvalue weighted by atomic mass is 9.94. The van der Waals surface area contributed by atoms with Crippen LogP contribution in [0.3, 0.4) is 0 Å². The van der Waals surface area contributed by atoms with Crippen molar-refractivity contribution in [1.82, 2.24) is 10.2 Å². The fourth-order valence-electron chi connectivity index (χ4n) is 2.30. The molecule has 15 heavy (non-hydrogen) atoms. The summed E-state index contributed by atoms with van der Waals surface area (Å²) in [6.45, 7) is 3.59. The van der Waals surface area contributed by atoms with Crippen LogP contribution in [0, 0.1) is 5.92 Å². The monoisotopic (exact) mass is 208 g/mol. The van der Waals surface area contributed by atoms with Crippen molar-refractivity contribution < 1.29 is 0 Å². The summed E-state index contributed by atoms with van der Waals surface area (Å²) in [6.07, 6.45) is 11.4. The third-order valence-electron chi connectivity index (χ3n) is 3.62. The molecule has 1 saturated carbocycles. The number of nitrogens with zero attached hydrogens (tertiary/aromatic N) is 1. The van der Waals surface area contributed by atoms with Gasteiger partial charge in [0, 0.05) is 19.1 Å². The highest BCUT2D eigenvalue weighted by Gasteiger charge is 2.25. The number of likely N-dealkylation sites (N-methyl/N-ethyl adjacent to an activating group) is 1. The standard InChI is InChI=1S/C13H24N2/c1-15(13-7-8-13)10-9-14-11-12-5-3-2-4-6-12/h2-3,12-14H,4-11H2,1H3. The van der Waals surface area contributed by atoms with Crippen LogP contribution >= 0.6 is 0 Å². The predicted molar refractivity (Wildman–Crippen MR) is 65.0 cm³/mol. The van der Waals surface area contributed by atoms with E-state index in [0.717, 1.165) is 18.5 Å². The molecule has 2 heteroatoms. The molecule has 0 aromatic rings. The van der Waals surface area contributed by atoms with Crippen LogP contribution in [0.25, 0.3) is 0 Å². The van der Waals surface area contributed by atoms with Gasteiger partial charge < -0.3 is 10.2 Å². The molecule has 0 aromatic carbocycles. The van der Waals surface area contributed by atoms with Gasteiger partial charge in [0.2, 0.25) is 0 Å². The maximum absolute atomic E-state index is 3.59. The molecule has 2 nitrogen and oxygen atoms in total. The summed E-state index contributed by atoms with van der Waals surface area (Å²) >= 11 is 0. The smallest absolute Gasteiger partial charge is 0.0107 e. The van der Waals surface area contributed by atoms with E-state index in [4.69, 9.17) is 0 Å². The third-order valence-corrected chi connectivity index (χ3v) is 3.62. The van der Waals surface area contributed by atoms with Crippen molar-refractivity contribution in [2.75, 3.05) is 26.7 Å². The molecule has 0 aromatic heterocycles. The number of nitrogens with one attached hydrogen (secondary N) is 1. The molecular formula is C13H24N2. The summed E-state index contributed by atoms with van der Waals surface area (Å²) in [5.74, 6) is 0.890. The van der Waals surface area contributed by atoms with Crippen molar-refractivity contribution in [2.45, 2.75) is 38.1 Å². The summed E-state index contributed by atoms with van der Waals surface area (Å²) in [5.41, 5.74) is 0. The average Bonchev–Trinajstić information content (AvgIpc) is 3.09. The van der Waals surface area contributed by atoms with E-state index in [0.29, 0.717) is 0 Å². The molecule has 0 radical (unpaired) electrons. The van der Waals surface area contributed by atoms with Gasteiger partial charge in [-0.1, -0.05) is 12.2 Å². The highest BCUT2D eigenvalue weighted by Crippen LogP contribution is 2.24. The van der Waals surface area contributed by atoms with Gasteiger partial charge in [-0.2, -0.15) is 0 Å². The van der Waals surface area contributed by atoms with Crippen molar-refractivity contribution in [3.63, 3.8) is 0 Å². The van der Waals surface area contributed by atoms with Gasteiger partial charge in [-0.05, 0) is 51.6 Å². The molecule has 86 valence electrons. The second-order valence-electron chi connectivity index (χ2n) is 5.07. The van der Waals surface area contributed by atoms with Gasteiger partial charge in [-0.25, -0.2) is 0 Å². The normalized spacial score (nSPS) is 26.1. The molecule has 1 fully saturated rings. The second-order valence-corrected chi connectivity index (χ2v) is 5.07. The Balaban J connectivity index is 1.48. The van der Waals surface area contributed by atoms with Gasteiger partial charge in [-0.3, -0.25) is 0 Å². The largest absolute Gasteiger partial charge is 0.315 e. The SMILES string of the molecule is CN(CCNCC1CC=CCC1)C1CC1. The zero-order valence-electron chi connectivity index (χ0n) is 9.91. The molecule has 2 aliphatic carbocycles. The lowest BCUT2D eigenvalue weighted by Gasteiger charge is -2.20. The van der Waals surface area contributed by atoms with E-state index >= 15 is 0 Å². The Kier molecular flexibility index (Phi) is 4.21. The molecule has 0 heterocycles. The minimum absolute atomic E-state index is 0.890. The van der Waals surface area contributed by atoms with E-state index in [9.17, 15) is 0 Å². The lowest BCUT2D eigenvalue weighted by Crippen LogP contribution is -2.33. The van der Waals surface area contributed by atoms with Crippen LogP contribution in [0.5, 0.6) is 0 Å². The first-order valence-corrected chi connectivity index (χ1v) is 6.42. The molecule has 0 bridgehead atoms. The van der Waals surface area contributed by atoms with Gasteiger partial charge in [0.1, 0.15) is 0 Å². The van der Waals surface area contributed by atoms with Gasteiger partial charge >= 0.3 is 0 Å². The first kappa shape index (κ1) is 11.2. The molecule has 2 aliphatic rings. The number of hydrogen-bond acceptors (Lipinski definition) is 2. The van der Waals surface area contributed by atoms with E-state index < -0.39 is 0 Å². The first-order valence-electron chi connectivity index (χ1n) is 6.42. The first-order chi connectivity index (χ1) is 7.36. The van der Waals surface area contributed by atoms with Gasteiger partial charge in [-0.15, -0.1) is 0 Å². The number of rotatable bonds is 6. The molecule has 2 rings (SSSR count). The van der Waals surface area contributed by atoms with E-state index in [1.165, 1.54) is 45.2 Å². The molecule has 1 atom stereocenters. The van der Waals surface area contributed by atoms with Gasteiger partial charge in [0.05, 0.1) is 0 Å². The number of hydrogen-bond donors (Lipinski definition) is 1. The minimum atomic E-state index is 0.890. The van der Waals surface area contributed by atoms with E-state index in [2.05, 4.69) is 29.4 Å². The fraction of sp³-hybridized carbons (Fsp3) is 0.846. The summed E-state index contributed by atoms with van der Waals surface area (Å²) in [6, 6.07) is 0.907. The quantitative estimate of drug-likeness (QED) is 0.531. The predicted octanol–water partition coefficient (Wildman–Crippen LogP) is 2.03. The molecule has 0 spiro atoms. The van der Waals surface area contributed by atoms with Crippen LogP contribution < -0.4 is 5.32 Å². The molecule has 0 saturated heterocycles.